The van der Waals surface area contributed by atoms with Gasteiger partial charge in [-0.15, -0.1) is 0 Å². The van der Waals surface area contributed by atoms with Gasteiger partial charge in [-0.3, -0.25) is 9.59 Å². The number of rotatable bonds is 6. The molecular weight excluding hydrogens is 242 g/mol. The third-order valence-electron chi connectivity index (χ3n) is 3.58. The van der Waals surface area contributed by atoms with Crippen LogP contribution in [0.1, 0.15) is 36.3 Å². The zero-order chi connectivity index (χ0) is 13.8. The van der Waals surface area contributed by atoms with Crippen LogP contribution in [0.4, 0.5) is 0 Å². The largest absolute Gasteiger partial charge is 0.481 e. The van der Waals surface area contributed by atoms with Gasteiger partial charge in [-0.25, -0.2) is 0 Å². The van der Waals surface area contributed by atoms with Crippen LogP contribution in [-0.4, -0.2) is 23.5 Å². The van der Waals surface area contributed by atoms with Crippen molar-refractivity contribution in [3.63, 3.8) is 0 Å². The van der Waals surface area contributed by atoms with Gasteiger partial charge in [0.15, 0.2) is 0 Å². The van der Waals surface area contributed by atoms with Crippen LogP contribution in [0.15, 0.2) is 24.3 Å². The molecule has 1 amide bonds. The van der Waals surface area contributed by atoms with Gasteiger partial charge in [-0.05, 0) is 36.8 Å². The first-order valence-corrected chi connectivity index (χ1v) is 6.64. The molecule has 1 aliphatic rings. The van der Waals surface area contributed by atoms with Gasteiger partial charge in [0.1, 0.15) is 0 Å². The summed E-state index contributed by atoms with van der Waals surface area (Å²) in [6, 6.07) is 8.15. The second-order valence-corrected chi connectivity index (χ2v) is 5.09. The normalized spacial score (nSPS) is 20.9. The third-order valence-corrected chi connectivity index (χ3v) is 3.58. The molecule has 1 aromatic carbocycles. The number of hydrogen-bond donors (Lipinski definition) is 2. The van der Waals surface area contributed by atoms with Crippen molar-refractivity contribution in [2.75, 3.05) is 6.54 Å². The van der Waals surface area contributed by atoms with Crippen molar-refractivity contribution in [3.05, 3.63) is 35.4 Å². The van der Waals surface area contributed by atoms with E-state index in [-0.39, 0.29) is 18.2 Å². The Bertz CT molecular complexity index is 484. The molecule has 2 atom stereocenters. The van der Waals surface area contributed by atoms with Crippen LogP contribution in [0.25, 0.3) is 0 Å². The fourth-order valence-electron chi connectivity index (χ4n) is 2.41. The van der Waals surface area contributed by atoms with Crippen LogP contribution >= 0.6 is 0 Å². The predicted molar refractivity (Wildman–Crippen MR) is 71.9 cm³/mol. The molecule has 0 aliphatic heterocycles. The SMILES string of the molecule is Cc1ccccc1[C@@H]1C[C@H]1C(=O)NCCCC(=O)O. The van der Waals surface area contributed by atoms with E-state index in [1.54, 1.807) is 0 Å². The molecule has 0 spiro atoms. The van der Waals surface area contributed by atoms with Crippen LogP contribution in [-0.2, 0) is 9.59 Å². The summed E-state index contributed by atoms with van der Waals surface area (Å²) in [5.74, 6) is -0.372. The monoisotopic (exact) mass is 261 g/mol. The van der Waals surface area contributed by atoms with Crippen molar-refractivity contribution in [3.8, 4) is 0 Å². The van der Waals surface area contributed by atoms with Crippen LogP contribution in [0.2, 0.25) is 0 Å². The van der Waals surface area contributed by atoms with Crippen molar-refractivity contribution in [1.82, 2.24) is 5.32 Å². The Labute approximate surface area is 112 Å². The lowest BCUT2D eigenvalue weighted by Crippen LogP contribution is -2.26. The fourth-order valence-corrected chi connectivity index (χ4v) is 2.41. The smallest absolute Gasteiger partial charge is 0.303 e. The second kappa shape index (κ2) is 5.87. The molecule has 19 heavy (non-hydrogen) atoms. The molecule has 1 saturated carbocycles. The van der Waals surface area contributed by atoms with Crippen molar-refractivity contribution < 1.29 is 14.7 Å². The van der Waals surface area contributed by atoms with E-state index in [1.807, 2.05) is 12.1 Å². The molecule has 1 aromatic rings. The van der Waals surface area contributed by atoms with E-state index < -0.39 is 5.97 Å². The number of hydrogen-bond acceptors (Lipinski definition) is 2. The summed E-state index contributed by atoms with van der Waals surface area (Å²) in [5.41, 5.74) is 2.49. The van der Waals surface area contributed by atoms with Crippen LogP contribution in [0, 0.1) is 12.8 Å². The molecule has 2 N–H and O–H groups in total. The molecule has 4 heteroatoms. The highest BCUT2D eigenvalue weighted by Crippen LogP contribution is 2.48. The molecule has 102 valence electrons. The lowest BCUT2D eigenvalue weighted by Gasteiger charge is -2.06. The van der Waals surface area contributed by atoms with Gasteiger partial charge in [0, 0.05) is 18.9 Å². The number of carboxylic acid groups (broad SMARTS) is 1. The van der Waals surface area contributed by atoms with Crippen LogP contribution < -0.4 is 5.32 Å². The highest BCUT2D eigenvalue weighted by molar-refractivity contribution is 5.83. The molecule has 0 aromatic heterocycles. The topological polar surface area (TPSA) is 66.4 Å². The minimum Gasteiger partial charge on any atom is -0.481 e. The Kier molecular flexibility index (Phi) is 4.20. The quantitative estimate of drug-likeness (QED) is 0.770. The Balaban J connectivity index is 1.78. The van der Waals surface area contributed by atoms with E-state index >= 15 is 0 Å². The Morgan fingerprint density at radius 3 is 2.79 bits per heavy atom. The summed E-state index contributed by atoms with van der Waals surface area (Å²) in [4.78, 5) is 22.2. The summed E-state index contributed by atoms with van der Waals surface area (Å²) in [5, 5.41) is 11.3. The first-order valence-electron chi connectivity index (χ1n) is 6.64. The maximum atomic E-state index is 11.9. The first-order chi connectivity index (χ1) is 9.09. The number of carboxylic acids is 1. The summed E-state index contributed by atoms with van der Waals surface area (Å²) < 4.78 is 0. The van der Waals surface area contributed by atoms with Gasteiger partial charge in [0.2, 0.25) is 5.91 Å². The maximum Gasteiger partial charge on any atom is 0.303 e. The minimum absolute atomic E-state index is 0.0543. The Morgan fingerprint density at radius 1 is 1.37 bits per heavy atom. The molecule has 0 radical (unpaired) electrons. The molecule has 4 nitrogen and oxygen atoms in total. The highest BCUT2D eigenvalue weighted by atomic mass is 16.4. The summed E-state index contributed by atoms with van der Waals surface area (Å²) >= 11 is 0. The minimum atomic E-state index is -0.821. The highest BCUT2D eigenvalue weighted by Gasteiger charge is 2.44. The number of aryl methyl sites for hydroxylation is 1. The summed E-state index contributed by atoms with van der Waals surface area (Å²) in [7, 11) is 0. The molecule has 0 heterocycles. The van der Waals surface area contributed by atoms with E-state index in [9.17, 15) is 9.59 Å². The number of carbonyl (C=O) groups excluding carboxylic acids is 1. The zero-order valence-corrected chi connectivity index (χ0v) is 11.1. The summed E-state index contributed by atoms with van der Waals surface area (Å²) in [6.45, 7) is 2.51. The van der Waals surface area contributed by atoms with Crippen LogP contribution in [0.5, 0.6) is 0 Å². The van der Waals surface area contributed by atoms with E-state index in [0.717, 1.165) is 6.42 Å². The van der Waals surface area contributed by atoms with E-state index in [0.29, 0.717) is 18.9 Å². The van der Waals surface area contributed by atoms with E-state index in [1.165, 1.54) is 11.1 Å². The fraction of sp³-hybridized carbons (Fsp3) is 0.467. The summed E-state index contributed by atoms with van der Waals surface area (Å²) in [6.07, 6.45) is 1.49. The number of amides is 1. The van der Waals surface area contributed by atoms with Crippen molar-refractivity contribution in [2.45, 2.75) is 32.1 Å². The van der Waals surface area contributed by atoms with Gasteiger partial charge < -0.3 is 10.4 Å². The van der Waals surface area contributed by atoms with Crippen molar-refractivity contribution in [2.24, 2.45) is 5.92 Å². The Morgan fingerprint density at radius 2 is 2.11 bits per heavy atom. The lowest BCUT2D eigenvalue weighted by atomic mass is 10.0. The number of benzene rings is 1. The molecule has 1 fully saturated rings. The average Bonchev–Trinajstić information content (AvgIpc) is 3.15. The van der Waals surface area contributed by atoms with Gasteiger partial charge in [0.25, 0.3) is 0 Å². The van der Waals surface area contributed by atoms with Crippen molar-refractivity contribution >= 4 is 11.9 Å². The number of carbonyl (C=O) groups is 2. The second-order valence-electron chi connectivity index (χ2n) is 5.09. The van der Waals surface area contributed by atoms with Gasteiger partial charge in [0.05, 0.1) is 0 Å². The number of aliphatic carboxylic acids is 1. The van der Waals surface area contributed by atoms with E-state index in [2.05, 4.69) is 24.4 Å². The molecule has 0 unspecified atom stereocenters. The maximum absolute atomic E-state index is 11.9. The molecule has 1 aliphatic carbocycles. The molecular formula is C15H19NO3. The average molecular weight is 261 g/mol. The Hall–Kier alpha value is -1.84. The van der Waals surface area contributed by atoms with Gasteiger partial charge >= 0.3 is 5.97 Å². The first kappa shape index (κ1) is 13.6. The zero-order valence-electron chi connectivity index (χ0n) is 11.1. The van der Waals surface area contributed by atoms with Crippen molar-refractivity contribution in [1.29, 1.82) is 0 Å². The molecule has 2 rings (SSSR count). The third kappa shape index (κ3) is 3.56. The van der Waals surface area contributed by atoms with E-state index in [4.69, 9.17) is 5.11 Å². The number of nitrogens with one attached hydrogen (secondary N) is 1. The van der Waals surface area contributed by atoms with Gasteiger partial charge in [-0.2, -0.15) is 0 Å². The molecule has 0 saturated heterocycles. The van der Waals surface area contributed by atoms with Crippen LogP contribution in [0.3, 0.4) is 0 Å². The molecule has 0 bridgehead atoms. The standard InChI is InChI=1S/C15H19NO3/c1-10-5-2-3-6-11(10)12-9-13(12)15(19)16-8-4-7-14(17)18/h2-3,5-6,12-13H,4,7-9H2,1H3,(H,16,19)(H,17,18)/t12-,13+/m0/s1. The lowest BCUT2D eigenvalue weighted by molar-refractivity contribution is -0.137. The van der Waals surface area contributed by atoms with Gasteiger partial charge in [-0.1, -0.05) is 24.3 Å². The predicted octanol–water partition coefficient (Wildman–Crippen LogP) is 2.08.